The first-order valence-electron chi connectivity index (χ1n) is 5.07. The van der Waals surface area contributed by atoms with Gasteiger partial charge in [0.15, 0.2) is 11.5 Å². The Morgan fingerprint density at radius 1 is 1.44 bits per heavy atom. The van der Waals surface area contributed by atoms with Gasteiger partial charge in [-0.25, -0.2) is 4.79 Å². The molecule has 6 heteroatoms. The number of benzene rings is 1. The van der Waals surface area contributed by atoms with Crippen LogP contribution in [0.25, 0.3) is 11.3 Å². The Kier molecular flexibility index (Phi) is 3.38. The smallest absolute Gasteiger partial charge is 0.358 e. The first-order chi connectivity index (χ1) is 8.52. The number of halogens is 1. The summed E-state index contributed by atoms with van der Waals surface area (Å²) in [6.07, 6.45) is 0. The molecule has 0 saturated heterocycles. The first-order valence-corrected chi connectivity index (χ1v) is 5.86. The van der Waals surface area contributed by atoms with E-state index >= 15 is 0 Å². The molecule has 0 amide bonds. The van der Waals surface area contributed by atoms with Gasteiger partial charge < -0.3 is 14.4 Å². The van der Waals surface area contributed by atoms with E-state index in [-0.39, 0.29) is 5.69 Å². The molecule has 0 aliphatic carbocycles. The molecule has 0 atom stereocenters. The molecule has 0 spiro atoms. The zero-order valence-corrected chi connectivity index (χ0v) is 11.3. The SMILES string of the molecule is COc1cc(C)cc(-c2cc(C(=O)O)no2)c1Br. The number of methoxy groups -OCH3 is 1. The number of ether oxygens (including phenoxy) is 1. The van der Waals surface area contributed by atoms with Crippen molar-refractivity contribution in [2.45, 2.75) is 6.92 Å². The molecule has 0 radical (unpaired) electrons. The van der Waals surface area contributed by atoms with Crippen molar-refractivity contribution in [3.63, 3.8) is 0 Å². The fourth-order valence-corrected chi connectivity index (χ4v) is 2.15. The summed E-state index contributed by atoms with van der Waals surface area (Å²) in [5, 5.41) is 12.3. The van der Waals surface area contributed by atoms with E-state index < -0.39 is 5.97 Å². The van der Waals surface area contributed by atoms with Crippen LogP contribution in [0, 0.1) is 6.92 Å². The Labute approximate surface area is 111 Å². The van der Waals surface area contributed by atoms with E-state index in [9.17, 15) is 4.79 Å². The van der Waals surface area contributed by atoms with Crippen LogP contribution < -0.4 is 4.74 Å². The van der Waals surface area contributed by atoms with Crippen LogP contribution in [0.1, 0.15) is 16.1 Å². The maximum absolute atomic E-state index is 10.8. The second-order valence-corrected chi connectivity index (χ2v) is 4.50. The molecule has 0 saturated carbocycles. The van der Waals surface area contributed by atoms with E-state index in [2.05, 4.69) is 21.1 Å². The van der Waals surface area contributed by atoms with Crippen molar-refractivity contribution < 1.29 is 19.2 Å². The Morgan fingerprint density at radius 3 is 2.72 bits per heavy atom. The summed E-state index contributed by atoms with van der Waals surface area (Å²) in [5.41, 5.74) is 1.54. The highest BCUT2D eigenvalue weighted by molar-refractivity contribution is 9.10. The van der Waals surface area contributed by atoms with E-state index in [1.165, 1.54) is 6.07 Å². The number of aromatic nitrogens is 1. The van der Waals surface area contributed by atoms with Gasteiger partial charge in [-0.2, -0.15) is 0 Å². The summed E-state index contributed by atoms with van der Waals surface area (Å²) in [6, 6.07) is 5.10. The van der Waals surface area contributed by atoms with Crippen molar-refractivity contribution in [3.8, 4) is 17.1 Å². The summed E-state index contributed by atoms with van der Waals surface area (Å²) >= 11 is 3.40. The van der Waals surface area contributed by atoms with Crippen LogP contribution in [0.4, 0.5) is 0 Å². The maximum atomic E-state index is 10.8. The molecule has 18 heavy (non-hydrogen) atoms. The fraction of sp³-hybridized carbons (Fsp3) is 0.167. The average Bonchev–Trinajstić information content (AvgIpc) is 2.81. The van der Waals surface area contributed by atoms with E-state index in [1.54, 1.807) is 7.11 Å². The van der Waals surface area contributed by atoms with Gasteiger partial charge in [-0.3, -0.25) is 0 Å². The van der Waals surface area contributed by atoms with Crippen molar-refractivity contribution in [2.24, 2.45) is 0 Å². The van der Waals surface area contributed by atoms with E-state index in [0.717, 1.165) is 5.56 Å². The van der Waals surface area contributed by atoms with Gasteiger partial charge in [0.1, 0.15) is 5.75 Å². The van der Waals surface area contributed by atoms with E-state index in [0.29, 0.717) is 21.5 Å². The lowest BCUT2D eigenvalue weighted by molar-refractivity contribution is 0.0686. The predicted molar refractivity (Wildman–Crippen MR) is 67.9 cm³/mol. The summed E-state index contributed by atoms with van der Waals surface area (Å²) in [4.78, 5) is 10.8. The van der Waals surface area contributed by atoms with Gasteiger partial charge in [0.2, 0.25) is 0 Å². The molecular formula is C12H10BrNO4. The predicted octanol–water partition coefficient (Wildman–Crippen LogP) is 3.12. The van der Waals surface area contributed by atoms with Crippen LogP contribution in [-0.4, -0.2) is 23.3 Å². The molecule has 5 nitrogen and oxygen atoms in total. The van der Waals surface area contributed by atoms with Crippen LogP contribution in [0.5, 0.6) is 5.75 Å². The Morgan fingerprint density at radius 2 is 2.17 bits per heavy atom. The van der Waals surface area contributed by atoms with Gasteiger partial charge >= 0.3 is 5.97 Å². The lowest BCUT2D eigenvalue weighted by Gasteiger charge is -2.08. The van der Waals surface area contributed by atoms with Gasteiger partial charge in [0, 0.05) is 11.6 Å². The highest BCUT2D eigenvalue weighted by Crippen LogP contribution is 2.37. The number of rotatable bonds is 3. The molecule has 0 aliphatic heterocycles. The van der Waals surface area contributed by atoms with Gasteiger partial charge in [-0.15, -0.1) is 0 Å². The van der Waals surface area contributed by atoms with Crippen LogP contribution in [0.15, 0.2) is 27.2 Å². The molecule has 94 valence electrons. The second-order valence-electron chi connectivity index (χ2n) is 3.71. The van der Waals surface area contributed by atoms with Crippen LogP contribution in [0.3, 0.4) is 0 Å². The number of carboxylic acid groups (broad SMARTS) is 1. The third kappa shape index (κ3) is 2.24. The topological polar surface area (TPSA) is 72.6 Å². The Balaban J connectivity index is 2.55. The van der Waals surface area contributed by atoms with Crippen molar-refractivity contribution in [3.05, 3.63) is 33.9 Å². The normalized spacial score (nSPS) is 10.4. The van der Waals surface area contributed by atoms with Gasteiger partial charge in [-0.1, -0.05) is 5.16 Å². The molecular weight excluding hydrogens is 302 g/mol. The van der Waals surface area contributed by atoms with E-state index in [4.69, 9.17) is 14.4 Å². The zero-order valence-electron chi connectivity index (χ0n) is 9.73. The minimum absolute atomic E-state index is 0.127. The molecule has 1 heterocycles. The average molecular weight is 312 g/mol. The summed E-state index contributed by atoms with van der Waals surface area (Å²) in [5.74, 6) is -0.0970. The van der Waals surface area contributed by atoms with Crippen molar-refractivity contribution >= 4 is 21.9 Å². The molecule has 2 aromatic rings. The lowest BCUT2D eigenvalue weighted by atomic mass is 10.1. The fourth-order valence-electron chi connectivity index (χ4n) is 1.57. The number of aryl methyl sites for hydroxylation is 1. The highest BCUT2D eigenvalue weighted by atomic mass is 79.9. The standard InChI is InChI=1S/C12H10BrNO4/c1-6-3-7(11(13)10(4-6)17-2)9-5-8(12(15)16)14-18-9/h3-5H,1-2H3,(H,15,16). The van der Waals surface area contributed by atoms with E-state index in [1.807, 2.05) is 19.1 Å². The van der Waals surface area contributed by atoms with Crippen LogP contribution >= 0.6 is 15.9 Å². The van der Waals surface area contributed by atoms with Crippen molar-refractivity contribution in [1.82, 2.24) is 5.16 Å². The molecule has 0 bridgehead atoms. The van der Waals surface area contributed by atoms with Crippen LogP contribution in [0.2, 0.25) is 0 Å². The number of nitrogens with zero attached hydrogens (tertiary/aromatic N) is 1. The number of aromatic carboxylic acids is 1. The summed E-state index contributed by atoms with van der Waals surface area (Å²) < 4.78 is 10.9. The summed E-state index contributed by atoms with van der Waals surface area (Å²) in [7, 11) is 1.56. The Hall–Kier alpha value is -1.82. The van der Waals surface area contributed by atoms with Crippen LogP contribution in [-0.2, 0) is 0 Å². The minimum Gasteiger partial charge on any atom is -0.496 e. The molecule has 1 aromatic heterocycles. The third-order valence-electron chi connectivity index (χ3n) is 2.40. The maximum Gasteiger partial charge on any atom is 0.358 e. The van der Waals surface area contributed by atoms with Crippen molar-refractivity contribution in [1.29, 1.82) is 0 Å². The Bertz CT molecular complexity index is 606. The van der Waals surface area contributed by atoms with Gasteiger partial charge in [0.05, 0.1) is 11.6 Å². The quantitative estimate of drug-likeness (QED) is 0.942. The minimum atomic E-state index is -1.12. The summed E-state index contributed by atoms with van der Waals surface area (Å²) in [6.45, 7) is 1.91. The molecule has 1 aromatic carbocycles. The largest absolute Gasteiger partial charge is 0.496 e. The number of carboxylic acids is 1. The first kappa shape index (κ1) is 12.6. The molecule has 0 aliphatic rings. The molecule has 0 unspecified atom stereocenters. The number of carbonyl (C=O) groups is 1. The molecule has 2 rings (SSSR count). The lowest BCUT2D eigenvalue weighted by Crippen LogP contribution is -1.94. The van der Waals surface area contributed by atoms with Crippen molar-refractivity contribution in [2.75, 3.05) is 7.11 Å². The molecule has 1 N–H and O–H groups in total. The highest BCUT2D eigenvalue weighted by Gasteiger charge is 2.16. The number of hydrogen-bond donors (Lipinski definition) is 1. The number of hydrogen-bond acceptors (Lipinski definition) is 4. The third-order valence-corrected chi connectivity index (χ3v) is 3.22. The zero-order chi connectivity index (χ0) is 13.3. The van der Waals surface area contributed by atoms with Gasteiger partial charge in [0.25, 0.3) is 0 Å². The molecule has 0 fully saturated rings. The van der Waals surface area contributed by atoms with Gasteiger partial charge in [-0.05, 0) is 40.5 Å². The monoisotopic (exact) mass is 311 g/mol. The second kappa shape index (κ2) is 4.81.